The zero-order chi connectivity index (χ0) is 23.8. The molecule has 0 aliphatic carbocycles. The number of thioether (sulfide) groups is 1. The average molecular weight is 495 g/mol. The van der Waals surface area contributed by atoms with Crippen LogP contribution in [0.25, 0.3) is 22.4 Å². The van der Waals surface area contributed by atoms with Crippen molar-refractivity contribution >= 4 is 45.9 Å². The quantitative estimate of drug-likeness (QED) is 0.336. The number of imidazole rings is 1. The normalized spacial score (nSPS) is 12.6. The standard InChI is InChI=1S/C23H23ClN8OS/c1-14(2)11-30(20-17-19(26-12-25-17)27-13-28-20)23(34-3)21-29-31-10-9-16(24)18(31)22(33)32(21)15-7-5-4-6-8-15/h4-10,12-14,23H,11H2,1-3H3,(H,25,26,27,28). The molecule has 1 aromatic carbocycles. The monoisotopic (exact) mass is 494 g/mol. The summed E-state index contributed by atoms with van der Waals surface area (Å²) in [5.74, 6) is 1.58. The Morgan fingerprint density at radius 3 is 2.68 bits per heavy atom. The van der Waals surface area contributed by atoms with E-state index < -0.39 is 0 Å². The van der Waals surface area contributed by atoms with Crippen LogP contribution in [0.5, 0.6) is 0 Å². The molecule has 34 heavy (non-hydrogen) atoms. The van der Waals surface area contributed by atoms with Gasteiger partial charge in [-0.3, -0.25) is 9.36 Å². The molecule has 4 aromatic heterocycles. The molecule has 174 valence electrons. The minimum atomic E-state index is -0.345. The smallest absolute Gasteiger partial charge is 0.284 e. The van der Waals surface area contributed by atoms with Gasteiger partial charge in [0.1, 0.15) is 22.7 Å². The average Bonchev–Trinajstić information content (AvgIpc) is 3.46. The maximum Gasteiger partial charge on any atom is 0.284 e. The summed E-state index contributed by atoms with van der Waals surface area (Å²) in [6, 6.07) is 11.2. The summed E-state index contributed by atoms with van der Waals surface area (Å²) >= 11 is 7.94. The Bertz CT molecular complexity index is 1510. The third kappa shape index (κ3) is 3.82. The molecule has 0 radical (unpaired) electrons. The highest BCUT2D eigenvalue weighted by atomic mass is 35.5. The molecule has 1 N–H and O–H groups in total. The Hall–Kier alpha value is -3.37. The number of hydrogen-bond donors (Lipinski definition) is 1. The van der Waals surface area contributed by atoms with Crippen LogP contribution >= 0.6 is 23.4 Å². The fraction of sp³-hybridized carbons (Fsp3) is 0.261. The van der Waals surface area contributed by atoms with Gasteiger partial charge in [0.2, 0.25) is 0 Å². The summed E-state index contributed by atoms with van der Waals surface area (Å²) in [4.78, 5) is 32.2. The van der Waals surface area contributed by atoms with Crippen molar-refractivity contribution in [1.82, 2.24) is 34.1 Å². The molecule has 0 spiro atoms. The number of hydrogen-bond acceptors (Lipinski definition) is 7. The number of anilines is 1. The number of aromatic amines is 1. The van der Waals surface area contributed by atoms with Crippen LogP contribution in [0.3, 0.4) is 0 Å². The summed E-state index contributed by atoms with van der Waals surface area (Å²) in [6.45, 7) is 4.95. The molecule has 4 heterocycles. The van der Waals surface area contributed by atoms with Crippen LogP contribution in [0, 0.1) is 5.92 Å². The molecule has 5 aromatic rings. The Kier molecular flexibility index (Phi) is 6.01. The molecule has 0 saturated carbocycles. The molecule has 1 unspecified atom stereocenters. The number of nitrogens with one attached hydrogen (secondary N) is 1. The first kappa shape index (κ1) is 22.4. The van der Waals surface area contributed by atoms with Crippen LogP contribution in [0.4, 0.5) is 5.82 Å². The molecular weight excluding hydrogens is 472 g/mol. The van der Waals surface area contributed by atoms with E-state index in [4.69, 9.17) is 16.7 Å². The maximum absolute atomic E-state index is 13.8. The highest BCUT2D eigenvalue weighted by molar-refractivity contribution is 7.98. The third-order valence-corrected chi connectivity index (χ3v) is 6.66. The van der Waals surface area contributed by atoms with Crippen molar-refractivity contribution in [3.05, 3.63) is 76.5 Å². The summed E-state index contributed by atoms with van der Waals surface area (Å²) in [7, 11) is 0. The molecule has 0 bridgehead atoms. The lowest BCUT2D eigenvalue weighted by atomic mass is 10.2. The Morgan fingerprint density at radius 2 is 1.94 bits per heavy atom. The zero-order valence-electron chi connectivity index (χ0n) is 18.9. The predicted octanol–water partition coefficient (Wildman–Crippen LogP) is 4.33. The van der Waals surface area contributed by atoms with E-state index in [0.29, 0.717) is 46.0 Å². The number of nitrogens with zero attached hydrogens (tertiary/aromatic N) is 7. The van der Waals surface area contributed by atoms with Crippen LogP contribution in [-0.2, 0) is 0 Å². The largest absolute Gasteiger partial charge is 0.340 e. The SMILES string of the molecule is CSC(c1nn2ccc(Cl)c2c(=O)n1-c1ccccc1)N(CC(C)C)c1ncnc2nc[nH]c12. The topological polar surface area (TPSA) is 97.0 Å². The van der Waals surface area contributed by atoms with Crippen LogP contribution < -0.4 is 10.5 Å². The zero-order valence-corrected chi connectivity index (χ0v) is 20.5. The molecule has 1 atom stereocenters. The van der Waals surface area contributed by atoms with E-state index in [1.54, 1.807) is 39.4 Å². The van der Waals surface area contributed by atoms with E-state index in [9.17, 15) is 4.79 Å². The van der Waals surface area contributed by atoms with Gasteiger partial charge < -0.3 is 9.88 Å². The van der Waals surface area contributed by atoms with Gasteiger partial charge in [-0.05, 0) is 30.4 Å². The van der Waals surface area contributed by atoms with Crippen molar-refractivity contribution in [2.45, 2.75) is 19.2 Å². The van der Waals surface area contributed by atoms with Crippen molar-refractivity contribution in [1.29, 1.82) is 0 Å². The predicted molar refractivity (Wildman–Crippen MR) is 136 cm³/mol. The van der Waals surface area contributed by atoms with E-state index >= 15 is 0 Å². The first-order valence-electron chi connectivity index (χ1n) is 10.8. The Labute approximate surface area is 204 Å². The van der Waals surface area contributed by atoms with Crippen LogP contribution in [0.2, 0.25) is 5.02 Å². The van der Waals surface area contributed by atoms with E-state index in [1.807, 2.05) is 36.6 Å². The summed E-state index contributed by atoms with van der Waals surface area (Å²) in [6.07, 6.45) is 6.82. The number of halogens is 1. The molecule has 0 amide bonds. The van der Waals surface area contributed by atoms with Gasteiger partial charge in [-0.1, -0.05) is 43.6 Å². The van der Waals surface area contributed by atoms with E-state index in [1.165, 1.54) is 6.33 Å². The van der Waals surface area contributed by atoms with E-state index in [2.05, 4.69) is 38.7 Å². The molecule has 0 aliphatic heterocycles. The van der Waals surface area contributed by atoms with Gasteiger partial charge in [-0.25, -0.2) is 19.5 Å². The lowest BCUT2D eigenvalue weighted by molar-refractivity contribution is 0.578. The first-order chi connectivity index (χ1) is 16.5. The van der Waals surface area contributed by atoms with E-state index in [0.717, 1.165) is 5.52 Å². The second kappa shape index (κ2) is 9.11. The Morgan fingerprint density at radius 1 is 1.15 bits per heavy atom. The van der Waals surface area contributed by atoms with Crippen molar-refractivity contribution in [2.75, 3.05) is 17.7 Å². The summed E-state index contributed by atoms with van der Waals surface area (Å²) in [5, 5.41) is 4.91. The van der Waals surface area contributed by atoms with Crippen LogP contribution in [0.15, 0.2) is 60.0 Å². The second-order valence-corrected chi connectivity index (χ2v) is 9.55. The van der Waals surface area contributed by atoms with Gasteiger partial charge in [0.15, 0.2) is 17.3 Å². The van der Waals surface area contributed by atoms with Crippen molar-refractivity contribution in [3.63, 3.8) is 0 Å². The molecule has 9 nitrogen and oxygen atoms in total. The molecule has 0 saturated heterocycles. The van der Waals surface area contributed by atoms with Crippen LogP contribution in [-0.4, -0.2) is 46.9 Å². The van der Waals surface area contributed by atoms with Crippen molar-refractivity contribution < 1.29 is 0 Å². The van der Waals surface area contributed by atoms with Crippen molar-refractivity contribution in [3.8, 4) is 5.69 Å². The van der Waals surface area contributed by atoms with Crippen molar-refractivity contribution in [2.24, 2.45) is 5.92 Å². The molecule has 11 heteroatoms. The van der Waals surface area contributed by atoms with Gasteiger partial charge in [-0.15, -0.1) is 11.8 Å². The van der Waals surface area contributed by atoms with Gasteiger partial charge in [0.25, 0.3) is 5.56 Å². The fourth-order valence-electron chi connectivity index (χ4n) is 4.06. The number of rotatable bonds is 7. The minimum Gasteiger partial charge on any atom is -0.340 e. The highest BCUT2D eigenvalue weighted by Gasteiger charge is 2.30. The molecule has 0 fully saturated rings. The van der Waals surface area contributed by atoms with Crippen LogP contribution in [0.1, 0.15) is 25.0 Å². The van der Waals surface area contributed by atoms with Gasteiger partial charge in [0, 0.05) is 12.7 Å². The first-order valence-corrected chi connectivity index (χ1v) is 12.4. The third-order valence-electron chi connectivity index (χ3n) is 5.44. The lowest BCUT2D eigenvalue weighted by Crippen LogP contribution is -2.37. The fourth-order valence-corrected chi connectivity index (χ4v) is 5.09. The maximum atomic E-state index is 13.8. The van der Waals surface area contributed by atoms with Gasteiger partial charge >= 0.3 is 0 Å². The highest BCUT2D eigenvalue weighted by Crippen LogP contribution is 2.36. The Balaban J connectivity index is 1.79. The summed E-state index contributed by atoms with van der Waals surface area (Å²) < 4.78 is 3.20. The second-order valence-electron chi connectivity index (χ2n) is 8.22. The molecule has 0 aliphatic rings. The van der Waals surface area contributed by atoms with Gasteiger partial charge in [0.05, 0.1) is 17.0 Å². The minimum absolute atomic E-state index is 0.232. The lowest BCUT2D eigenvalue weighted by Gasteiger charge is -2.33. The number of benzene rings is 1. The molecular formula is C23H23ClN8OS. The molecule has 5 rings (SSSR count). The van der Waals surface area contributed by atoms with E-state index in [-0.39, 0.29) is 10.9 Å². The number of H-pyrrole nitrogens is 1. The van der Waals surface area contributed by atoms with Gasteiger partial charge in [-0.2, -0.15) is 5.10 Å². The number of aromatic nitrogens is 7. The number of para-hydroxylation sites is 1. The summed E-state index contributed by atoms with van der Waals surface area (Å²) in [5.41, 5.74) is 2.14. The number of fused-ring (bicyclic) bond motifs is 2.